The van der Waals surface area contributed by atoms with Crippen LogP contribution in [-0.4, -0.2) is 21.6 Å². The van der Waals surface area contributed by atoms with Gasteiger partial charge in [0.25, 0.3) is 0 Å². The zero-order valence-electron chi connectivity index (χ0n) is 16.5. The maximum Gasteiger partial charge on any atom is 0.234 e. The van der Waals surface area contributed by atoms with Crippen LogP contribution in [-0.2, 0) is 4.79 Å². The summed E-state index contributed by atoms with van der Waals surface area (Å²) in [6.45, 7) is 6.08. The summed E-state index contributed by atoms with van der Waals surface area (Å²) < 4.78 is 0. The minimum atomic E-state index is -0.0359. The van der Waals surface area contributed by atoms with Gasteiger partial charge in [0, 0.05) is 16.6 Å². The standard InChI is InChI=1S/C23H21N3OS2/c1-14-7-9-17(10-8-14)18-11-28-22-20(18)23(25-13-24-22)29-12-19(27)26-21-15(2)5-4-6-16(21)3/h4-11,13H,12H2,1-3H3,(H,26,27). The van der Waals surface area contributed by atoms with Gasteiger partial charge >= 0.3 is 0 Å². The van der Waals surface area contributed by atoms with Crippen LogP contribution in [0.3, 0.4) is 0 Å². The van der Waals surface area contributed by atoms with Crippen molar-refractivity contribution in [3.63, 3.8) is 0 Å². The predicted octanol–water partition coefficient (Wildman–Crippen LogP) is 6.01. The summed E-state index contributed by atoms with van der Waals surface area (Å²) in [5.41, 5.74) is 6.49. The lowest BCUT2D eigenvalue weighted by Gasteiger charge is -2.11. The van der Waals surface area contributed by atoms with E-state index in [1.165, 1.54) is 17.3 Å². The maximum atomic E-state index is 12.6. The largest absolute Gasteiger partial charge is 0.325 e. The molecule has 0 atom stereocenters. The Balaban J connectivity index is 1.57. The summed E-state index contributed by atoms with van der Waals surface area (Å²) in [5.74, 6) is 0.259. The number of thioether (sulfide) groups is 1. The number of hydrogen-bond acceptors (Lipinski definition) is 5. The molecule has 2 heterocycles. The SMILES string of the molecule is Cc1ccc(-c2csc3ncnc(SCC(=O)Nc4c(C)cccc4C)c23)cc1. The molecule has 1 N–H and O–H groups in total. The quantitative estimate of drug-likeness (QED) is 0.318. The summed E-state index contributed by atoms with van der Waals surface area (Å²) >= 11 is 3.05. The van der Waals surface area contributed by atoms with Crippen molar-refractivity contribution in [3.05, 3.63) is 70.9 Å². The first-order valence-electron chi connectivity index (χ1n) is 9.31. The van der Waals surface area contributed by atoms with Gasteiger partial charge in [0.15, 0.2) is 0 Å². The number of anilines is 1. The molecule has 0 saturated carbocycles. The van der Waals surface area contributed by atoms with Crippen LogP contribution >= 0.6 is 23.1 Å². The molecular formula is C23H21N3OS2. The Morgan fingerprint density at radius 3 is 2.48 bits per heavy atom. The summed E-state index contributed by atoms with van der Waals surface area (Å²) in [4.78, 5) is 22.4. The molecule has 4 nitrogen and oxygen atoms in total. The molecule has 4 aromatic rings. The Bertz CT molecular complexity index is 1160. The van der Waals surface area contributed by atoms with Gasteiger partial charge in [0.1, 0.15) is 16.2 Å². The summed E-state index contributed by atoms with van der Waals surface area (Å²) in [6.07, 6.45) is 1.57. The number of carbonyl (C=O) groups is 1. The van der Waals surface area contributed by atoms with Gasteiger partial charge in [-0.3, -0.25) is 4.79 Å². The smallest absolute Gasteiger partial charge is 0.234 e. The average Bonchev–Trinajstić information content (AvgIpc) is 3.15. The summed E-state index contributed by atoms with van der Waals surface area (Å²) in [7, 11) is 0. The van der Waals surface area contributed by atoms with Crippen molar-refractivity contribution in [2.75, 3.05) is 11.1 Å². The van der Waals surface area contributed by atoms with E-state index in [1.807, 2.05) is 32.0 Å². The highest BCUT2D eigenvalue weighted by molar-refractivity contribution is 8.00. The highest BCUT2D eigenvalue weighted by atomic mass is 32.2. The Kier molecular flexibility index (Phi) is 5.65. The number of para-hydroxylation sites is 1. The monoisotopic (exact) mass is 419 g/mol. The molecule has 2 aromatic heterocycles. The van der Waals surface area contributed by atoms with Crippen LogP contribution in [0, 0.1) is 20.8 Å². The van der Waals surface area contributed by atoms with Crippen LogP contribution in [0.2, 0.25) is 0 Å². The Labute approximate surface area is 178 Å². The van der Waals surface area contributed by atoms with Crippen molar-refractivity contribution in [3.8, 4) is 11.1 Å². The van der Waals surface area contributed by atoms with E-state index in [0.717, 1.165) is 43.2 Å². The third-order valence-electron chi connectivity index (χ3n) is 4.78. The van der Waals surface area contributed by atoms with Crippen molar-refractivity contribution in [1.82, 2.24) is 9.97 Å². The number of amides is 1. The molecule has 6 heteroatoms. The fraction of sp³-hybridized carbons (Fsp3) is 0.174. The molecule has 0 aliphatic rings. The molecule has 0 aliphatic heterocycles. The van der Waals surface area contributed by atoms with E-state index >= 15 is 0 Å². The minimum absolute atomic E-state index is 0.0359. The second kappa shape index (κ2) is 8.35. The van der Waals surface area contributed by atoms with Gasteiger partial charge in [-0.15, -0.1) is 11.3 Å². The maximum absolute atomic E-state index is 12.6. The van der Waals surface area contributed by atoms with E-state index in [2.05, 4.69) is 51.9 Å². The number of rotatable bonds is 5. The van der Waals surface area contributed by atoms with Crippen LogP contribution in [0.5, 0.6) is 0 Å². The van der Waals surface area contributed by atoms with Crippen LogP contribution in [0.25, 0.3) is 21.3 Å². The third kappa shape index (κ3) is 4.18. The molecule has 146 valence electrons. The van der Waals surface area contributed by atoms with Crippen molar-refractivity contribution >= 4 is 44.9 Å². The summed E-state index contributed by atoms with van der Waals surface area (Å²) in [5, 5.41) is 7.01. The second-order valence-corrected chi connectivity index (χ2v) is 8.80. The average molecular weight is 420 g/mol. The van der Waals surface area contributed by atoms with Gasteiger partial charge in [0.2, 0.25) is 5.91 Å². The topological polar surface area (TPSA) is 54.9 Å². The van der Waals surface area contributed by atoms with Crippen molar-refractivity contribution in [2.24, 2.45) is 0 Å². The number of aromatic nitrogens is 2. The van der Waals surface area contributed by atoms with Crippen molar-refractivity contribution in [2.45, 2.75) is 25.8 Å². The first-order chi connectivity index (χ1) is 14.0. The van der Waals surface area contributed by atoms with E-state index in [4.69, 9.17) is 0 Å². The molecule has 0 saturated heterocycles. The molecule has 0 aliphatic carbocycles. The first-order valence-corrected chi connectivity index (χ1v) is 11.2. The van der Waals surface area contributed by atoms with E-state index in [1.54, 1.807) is 17.7 Å². The Morgan fingerprint density at radius 1 is 1.03 bits per heavy atom. The van der Waals surface area contributed by atoms with E-state index < -0.39 is 0 Å². The molecule has 0 fully saturated rings. The molecule has 0 spiro atoms. The number of fused-ring (bicyclic) bond motifs is 1. The van der Waals surface area contributed by atoms with Gasteiger partial charge in [0.05, 0.1) is 11.1 Å². The molecular weight excluding hydrogens is 398 g/mol. The van der Waals surface area contributed by atoms with Crippen LogP contribution in [0.4, 0.5) is 5.69 Å². The molecule has 0 unspecified atom stereocenters. The zero-order valence-corrected chi connectivity index (χ0v) is 18.2. The minimum Gasteiger partial charge on any atom is -0.325 e. The van der Waals surface area contributed by atoms with Gasteiger partial charge in [-0.2, -0.15) is 0 Å². The highest BCUT2D eigenvalue weighted by Gasteiger charge is 2.15. The first kappa shape index (κ1) is 19.6. The Hall–Kier alpha value is -2.70. The normalized spacial score (nSPS) is 11.0. The molecule has 4 rings (SSSR count). The van der Waals surface area contributed by atoms with Crippen molar-refractivity contribution < 1.29 is 4.79 Å². The fourth-order valence-corrected chi connectivity index (χ4v) is 5.02. The van der Waals surface area contributed by atoms with Gasteiger partial charge in [-0.1, -0.05) is 59.8 Å². The molecule has 1 amide bonds. The Morgan fingerprint density at radius 2 is 1.76 bits per heavy atom. The number of nitrogens with one attached hydrogen (secondary N) is 1. The fourth-order valence-electron chi connectivity index (χ4n) is 3.22. The highest BCUT2D eigenvalue weighted by Crippen LogP contribution is 2.38. The number of benzene rings is 2. The molecule has 0 radical (unpaired) electrons. The molecule has 2 aromatic carbocycles. The predicted molar refractivity (Wildman–Crippen MR) is 123 cm³/mol. The molecule has 0 bridgehead atoms. The van der Waals surface area contributed by atoms with Crippen LogP contribution in [0.1, 0.15) is 16.7 Å². The number of carbonyl (C=O) groups excluding carboxylic acids is 1. The van der Waals surface area contributed by atoms with Crippen LogP contribution in [0.15, 0.2) is 59.2 Å². The lowest BCUT2D eigenvalue weighted by atomic mass is 10.1. The number of aryl methyl sites for hydroxylation is 3. The second-order valence-electron chi connectivity index (χ2n) is 6.98. The summed E-state index contributed by atoms with van der Waals surface area (Å²) in [6, 6.07) is 14.4. The van der Waals surface area contributed by atoms with Gasteiger partial charge in [-0.05, 0) is 37.5 Å². The number of thiophene rings is 1. The lowest BCUT2D eigenvalue weighted by Crippen LogP contribution is -2.15. The van der Waals surface area contributed by atoms with E-state index in [9.17, 15) is 4.79 Å². The van der Waals surface area contributed by atoms with E-state index in [0.29, 0.717) is 5.75 Å². The van der Waals surface area contributed by atoms with Crippen molar-refractivity contribution in [1.29, 1.82) is 0 Å². The third-order valence-corrected chi connectivity index (χ3v) is 6.66. The lowest BCUT2D eigenvalue weighted by molar-refractivity contribution is -0.113. The van der Waals surface area contributed by atoms with Gasteiger partial charge in [-0.25, -0.2) is 9.97 Å². The van der Waals surface area contributed by atoms with E-state index in [-0.39, 0.29) is 5.91 Å². The van der Waals surface area contributed by atoms with Crippen LogP contribution < -0.4 is 5.32 Å². The number of nitrogens with zero attached hydrogens (tertiary/aromatic N) is 2. The van der Waals surface area contributed by atoms with Gasteiger partial charge < -0.3 is 5.32 Å². The molecule has 29 heavy (non-hydrogen) atoms. The number of hydrogen-bond donors (Lipinski definition) is 1. The zero-order chi connectivity index (χ0) is 20.4.